The van der Waals surface area contributed by atoms with Crippen LogP contribution in [0.1, 0.15) is 52.7 Å². The number of nitrogens with one attached hydrogen (secondary N) is 1. The normalized spacial score (nSPS) is 15.7. The van der Waals surface area contributed by atoms with Crippen molar-refractivity contribution in [1.82, 2.24) is 14.9 Å². The fourth-order valence-electron chi connectivity index (χ4n) is 6.09. The molecule has 7 rings (SSSR count). The van der Waals surface area contributed by atoms with Crippen LogP contribution in [0.25, 0.3) is 11.1 Å². The van der Waals surface area contributed by atoms with Crippen molar-refractivity contribution in [3.63, 3.8) is 0 Å². The number of amides is 1. The van der Waals surface area contributed by atoms with E-state index in [0.717, 1.165) is 46.5 Å². The number of rotatable bonds is 8. The molecule has 5 aromatic rings. The Morgan fingerprint density at radius 3 is 2.36 bits per heavy atom. The molecule has 0 radical (unpaired) electrons. The van der Waals surface area contributed by atoms with Crippen LogP contribution in [0.15, 0.2) is 114 Å². The summed E-state index contributed by atoms with van der Waals surface area (Å²) >= 11 is 0. The molecule has 0 saturated heterocycles. The Labute approximate surface area is 255 Å². The van der Waals surface area contributed by atoms with E-state index in [0.29, 0.717) is 36.5 Å². The number of fused-ring (bicyclic) bond motifs is 1. The average molecular weight is 584 g/mol. The third-order valence-corrected chi connectivity index (χ3v) is 8.76. The van der Waals surface area contributed by atoms with Crippen molar-refractivity contribution >= 4 is 5.91 Å². The van der Waals surface area contributed by atoms with Gasteiger partial charge in [0.15, 0.2) is 6.10 Å². The van der Waals surface area contributed by atoms with E-state index >= 15 is 0 Å². The van der Waals surface area contributed by atoms with Crippen molar-refractivity contribution in [3.8, 4) is 16.9 Å². The lowest BCUT2D eigenvalue weighted by atomic mass is 9.94. The summed E-state index contributed by atoms with van der Waals surface area (Å²) in [5, 5.41) is 11.2. The molecule has 4 aromatic carbocycles. The van der Waals surface area contributed by atoms with Gasteiger partial charge in [0, 0.05) is 13.0 Å². The van der Waals surface area contributed by atoms with E-state index in [2.05, 4.69) is 17.1 Å². The first-order valence-electron chi connectivity index (χ1n) is 15.0. The number of carbonyl (C=O) groups is 1. The summed E-state index contributed by atoms with van der Waals surface area (Å²) in [6.45, 7) is 0.967. The first-order chi connectivity index (χ1) is 21.5. The lowest BCUT2D eigenvalue weighted by molar-refractivity contribution is -0.141. The maximum atomic E-state index is 13.5. The fraction of sp³-hybridized carbons (Fsp3) is 0.216. The maximum Gasteiger partial charge on any atom is 0.256 e. The molecule has 2 heterocycles. The first kappa shape index (κ1) is 27.8. The highest BCUT2D eigenvalue weighted by atomic mass is 16.5. The quantitative estimate of drug-likeness (QED) is 0.244. The van der Waals surface area contributed by atoms with Gasteiger partial charge in [0.1, 0.15) is 18.2 Å². The van der Waals surface area contributed by atoms with Gasteiger partial charge >= 0.3 is 0 Å². The topological polar surface area (TPSA) is 95.5 Å². The predicted octanol–water partition coefficient (Wildman–Crippen LogP) is 5.71. The highest BCUT2D eigenvalue weighted by molar-refractivity contribution is 5.83. The van der Waals surface area contributed by atoms with Crippen LogP contribution in [0.4, 0.5) is 0 Å². The number of benzene rings is 4. The number of H-pyrrole nitrogens is 1. The zero-order valence-corrected chi connectivity index (χ0v) is 24.3. The standard InChI is InChI=1S/C37H33N3O4/c41-33(28-13-7-11-26(21-28)27-12-8-16-30(22-27)44-24-25-9-3-1-4-10-25)35(43)40-20-17-32-31(23-40)34(42)39-36(38-32)37(18-19-37)29-14-5-2-6-15-29/h1-16,21-22,33,41H,17-20,23-24H2,(H,38,39,42)/t33-/m1/s1. The van der Waals surface area contributed by atoms with Gasteiger partial charge in [0.05, 0.1) is 23.2 Å². The Bertz CT molecular complexity index is 1870. The molecule has 1 aliphatic heterocycles. The van der Waals surface area contributed by atoms with Crippen LogP contribution >= 0.6 is 0 Å². The molecule has 0 bridgehead atoms. The number of aromatic amines is 1. The van der Waals surface area contributed by atoms with Crippen molar-refractivity contribution < 1.29 is 14.6 Å². The van der Waals surface area contributed by atoms with Gasteiger partial charge in [-0.15, -0.1) is 0 Å². The monoisotopic (exact) mass is 583 g/mol. The molecule has 1 aliphatic carbocycles. The molecule has 220 valence electrons. The number of aromatic nitrogens is 2. The molecular weight excluding hydrogens is 550 g/mol. The molecule has 1 saturated carbocycles. The lowest BCUT2D eigenvalue weighted by Crippen LogP contribution is -2.42. The van der Waals surface area contributed by atoms with Gasteiger partial charge in [-0.1, -0.05) is 91.0 Å². The van der Waals surface area contributed by atoms with E-state index in [9.17, 15) is 14.7 Å². The van der Waals surface area contributed by atoms with Crippen LogP contribution in [0.3, 0.4) is 0 Å². The van der Waals surface area contributed by atoms with Crippen molar-refractivity contribution in [2.45, 2.75) is 43.9 Å². The summed E-state index contributed by atoms with van der Waals surface area (Å²) in [5.74, 6) is 1.01. The molecule has 44 heavy (non-hydrogen) atoms. The van der Waals surface area contributed by atoms with Crippen LogP contribution in [0.5, 0.6) is 5.75 Å². The molecule has 1 atom stereocenters. The lowest BCUT2D eigenvalue weighted by Gasteiger charge is -2.30. The van der Waals surface area contributed by atoms with E-state index in [-0.39, 0.29) is 17.5 Å². The third kappa shape index (κ3) is 5.42. The van der Waals surface area contributed by atoms with Crippen molar-refractivity contribution in [2.75, 3.05) is 6.54 Å². The molecule has 0 spiro atoms. The van der Waals surface area contributed by atoms with E-state index in [1.807, 2.05) is 91.0 Å². The molecule has 1 amide bonds. The number of nitrogens with zero attached hydrogens (tertiary/aromatic N) is 2. The van der Waals surface area contributed by atoms with E-state index in [1.165, 1.54) is 0 Å². The first-order valence-corrected chi connectivity index (χ1v) is 15.0. The largest absolute Gasteiger partial charge is 0.489 e. The fourth-order valence-corrected chi connectivity index (χ4v) is 6.09. The smallest absolute Gasteiger partial charge is 0.256 e. The van der Waals surface area contributed by atoms with Crippen LogP contribution in [-0.4, -0.2) is 32.4 Å². The number of hydrogen-bond acceptors (Lipinski definition) is 5. The molecule has 2 N–H and O–H groups in total. The summed E-state index contributed by atoms with van der Waals surface area (Å²) in [7, 11) is 0. The van der Waals surface area contributed by atoms with E-state index in [4.69, 9.17) is 9.72 Å². The van der Waals surface area contributed by atoms with Crippen LogP contribution in [0.2, 0.25) is 0 Å². The predicted molar refractivity (Wildman–Crippen MR) is 168 cm³/mol. The van der Waals surface area contributed by atoms with Crippen LogP contribution in [-0.2, 0) is 29.8 Å². The maximum absolute atomic E-state index is 13.5. The Morgan fingerprint density at radius 2 is 1.61 bits per heavy atom. The van der Waals surface area contributed by atoms with Crippen LogP contribution < -0.4 is 10.3 Å². The van der Waals surface area contributed by atoms with Gasteiger partial charge < -0.3 is 19.7 Å². The molecule has 7 nitrogen and oxygen atoms in total. The summed E-state index contributed by atoms with van der Waals surface area (Å²) in [6.07, 6.45) is 0.998. The van der Waals surface area contributed by atoms with Gasteiger partial charge in [0.25, 0.3) is 11.5 Å². The van der Waals surface area contributed by atoms with Gasteiger partial charge in [-0.25, -0.2) is 4.98 Å². The Hall–Kier alpha value is -5.01. The highest BCUT2D eigenvalue weighted by Gasteiger charge is 2.48. The molecule has 1 aromatic heterocycles. The Kier molecular flexibility index (Phi) is 7.32. The highest BCUT2D eigenvalue weighted by Crippen LogP contribution is 2.52. The van der Waals surface area contributed by atoms with Crippen molar-refractivity contribution in [2.24, 2.45) is 0 Å². The Morgan fingerprint density at radius 1 is 0.909 bits per heavy atom. The Balaban J connectivity index is 1.06. The summed E-state index contributed by atoms with van der Waals surface area (Å²) in [5.41, 5.74) is 5.30. The number of ether oxygens (including phenoxy) is 1. The second kappa shape index (κ2) is 11.6. The minimum Gasteiger partial charge on any atom is -0.489 e. The second-order valence-corrected chi connectivity index (χ2v) is 11.6. The minimum atomic E-state index is -1.35. The summed E-state index contributed by atoms with van der Waals surface area (Å²) in [6, 6.07) is 35.3. The zero-order chi connectivity index (χ0) is 30.1. The van der Waals surface area contributed by atoms with Gasteiger partial charge in [0.2, 0.25) is 0 Å². The zero-order valence-electron chi connectivity index (χ0n) is 24.3. The minimum absolute atomic E-state index is 0.118. The SMILES string of the molecule is O=C([C@H](O)c1cccc(-c2cccc(OCc3ccccc3)c2)c1)N1CCc2nc(C3(c4ccccc4)CC3)[nH]c(=O)c2C1. The molecular formula is C37H33N3O4. The van der Waals surface area contributed by atoms with E-state index < -0.39 is 12.0 Å². The second-order valence-electron chi connectivity index (χ2n) is 11.6. The molecule has 7 heteroatoms. The molecule has 0 unspecified atom stereocenters. The van der Waals surface area contributed by atoms with Gasteiger partial charge in [-0.3, -0.25) is 9.59 Å². The van der Waals surface area contributed by atoms with Crippen molar-refractivity contribution in [3.05, 3.63) is 153 Å². The molecule has 2 aliphatic rings. The number of aliphatic hydroxyl groups excluding tert-OH is 1. The summed E-state index contributed by atoms with van der Waals surface area (Å²) < 4.78 is 6.00. The number of aliphatic hydroxyl groups is 1. The van der Waals surface area contributed by atoms with Gasteiger partial charge in [-0.2, -0.15) is 0 Å². The van der Waals surface area contributed by atoms with E-state index in [1.54, 1.807) is 11.0 Å². The number of carbonyl (C=O) groups excluding carboxylic acids is 1. The van der Waals surface area contributed by atoms with Crippen LogP contribution in [0, 0.1) is 0 Å². The van der Waals surface area contributed by atoms with Crippen molar-refractivity contribution in [1.29, 1.82) is 0 Å². The average Bonchev–Trinajstić information content (AvgIpc) is 3.90. The molecule has 1 fully saturated rings. The number of hydrogen-bond donors (Lipinski definition) is 2. The summed E-state index contributed by atoms with van der Waals surface area (Å²) in [4.78, 5) is 36.2. The van der Waals surface area contributed by atoms with Gasteiger partial charge in [-0.05, 0) is 58.9 Å². The third-order valence-electron chi connectivity index (χ3n) is 8.76.